The summed E-state index contributed by atoms with van der Waals surface area (Å²) < 4.78 is 34.2. The van der Waals surface area contributed by atoms with Gasteiger partial charge in [-0.05, 0) is 6.07 Å². The molecule has 7 heteroatoms. The third kappa shape index (κ3) is 4.55. The second-order valence-corrected chi connectivity index (χ2v) is 6.23. The Kier molecular flexibility index (Phi) is 5.65. The third-order valence-corrected chi connectivity index (χ3v) is 4.47. The van der Waals surface area contributed by atoms with Gasteiger partial charge in [-0.2, -0.15) is 0 Å². The molecule has 1 aromatic carbocycles. The minimum absolute atomic E-state index is 0.167. The molecule has 5 nitrogen and oxygen atoms in total. The number of nitrogens with zero attached hydrogens (tertiary/aromatic N) is 1. The number of alkyl halides is 2. The molecule has 136 valence electrons. The van der Waals surface area contributed by atoms with Gasteiger partial charge in [0.25, 0.3) is 5.92 Å². The predicted molar refractivity (Wildman–Crippen MR) is 92.7 cm³/mol. The largest absolute Gasteiger partial charge is 0.384 e. The molecule has 2 aliphatic heterocycles. The lowest BCUT2D eigenvalue weighted by Gasteiger charge is -2.26. The van der Waals surface area contributed by atoms with Crippen molar-refractivity contribution in [2.24, 2.45) is 0 Å². The number of benzene rings is 1. The molecule has 0 aliphatic carbocycles. The molecule has 0 bridgehead atoms. The van der Waals surface area contributed by atoms with Crippen LogP contribution in [0.4, 0.5) is 14.5 Å². The quantitative estimate of drug-likeness (QED) is 0.815. The van der Waals surface area contributed by atoms with E-state index < -0.39 is 11.8 Å². The van der Waals surface area contributed by atoms with Crippen LogP contribution in [0.15, 0.2) is 30.3 Å². The Labute approximate surface area is 146 Å². The minimum Gasteiger partial charge on any atom is -0.384 e. The highest BCUT2D eigenvalue weighted by molar-refractivity contribution is 5.98. The average Bonchev–Trinajstić information content (AvgIpc) is 2.72. The predicted octanol–water partition coefficient (Wildman–Crippen LogP) is 1.97. The average molecular weight is 351 g/mol. The van der Waals surface area contributed by atoms with Gasteiger partial charge in [0.1, 0.15) is 0 Å². The first-order chi connectivity index (χ1) is 12.1. The van der Waals surface area contributed by atoms with Gasteiger partial charge >= 0.3 is 0 Å². The maximum absolute atomic E-state index is 14.5. The Morgan fingerprint density at radius 2 is 2.08 bits per heavy atom. The zero-order valence-electron chi connectivity index (χ0n) is 14.1. The minimum atomic E-state index is -3.04. The fourth-order valence-corrected chi connectivity index (χ4v) is 3.09. The fourth-order valence-electron chi connectivity index (χ4n) is 3.09. The first-order valence-electron chi connectivity index (χ1n) is 8.57. The smallest absolute Gasteiger partial charge is 0.275 e. The van der Waals surface area contributed by atoms with Gasteiger partial charge in [-0.3, -0.25) is 9.69 Å². The number of fused-ring (bicyclic) bond motifs is 1. The summed E-state index contributed by atoms with van der Waals surface area (Å²) >= 11 is 0. The molecular weight excluding hydrogens is 328 g/mol. The highest BCUT2D eigenvalue weighted by Crippen LogP contribution is 2.40. The van der Waals surface area contributed by atoms with Gasteiger partial charge < -0.3 is 15.4 Å². The molecule has 0 atom stereocenters. The second kappa shape index (κ2) is 7.93. The van der Waals surface area contributed by atoms with Gasteiger partial charge in [-0.1, -0.05) is 18.2 Å². The third-order valence-electron chi connectivity index (χ3n) is 4.47. The highest BCUT2D eigenvalue weighted by Gasteiger charge is 2.38. The van der Waals surface area contributed by atoms with Crippen molar-refractivity contribution in [2.75, 3.05) is 51.3 Å². The Morgan fingerprint density at radius 3 is 2.88 bits per heavy atom. The molecule has 0 saturated carbocycles. The number of hydrogen-bond donors (Lipinski definition) is 2. The molecule has 25 heavy (non-hydrogen) atoms. The van der Waals surface area contributed by atoms with E-state index in [0.29, 0.717) is 37.6 Å². The van der Waals surface area contributed by atoms with E-state index in [1.54, 1.807) is 24.3 Å². The lowest BCUT2D eigenvalue weighted by molar-refractivity contribution is -0.116. The molecule has 0 spiro atoms. The SMILES string of the molecule is O=C(C=C1c2ccccc2NCCC1(F)F)NCCN1CCOCC1. The molecule has 1 aromatic rings. The molecule has 0 aromatic heterocycles. The monoisotopic (exact) mass is 351 g/mol. The molecule has 2 aliphatic rings. The van der Waals surface area contributed by atoms with E-state index in [2.05, 4.69) is 15.5 Å². The number of morpholine rings is 1. The maximum atomic E-state index is 14.5. The molecule has 2 heterocycles. The molecule has 1 amide bonds. The number of amides is 1. The number of rotatable bonds is 4. The summed E-state index contributed by atoms with van der Waals surface area (Å²) in [6.07, 6.45) is 0.708. The summed E-state index contributed by atoms with van der Waals surface area (Å²) in [4.78, 5) is 14.4. The maximum Gasteiger partial charge on any atom is 0.275 e. The number of para-hydroxylation sites is 1. The van der Waals surface area contributed by atoms with Crippen molar-refractivity contribution in [3.8, 4) is 0 Å². The van der Waals surface area contributed by atoms with Crippen molar-refractivity contribution in [1.29, 1.82) is 0 Å². The van der Waals surface area contributed by atoms with Crippen LogP contribution >= 0.6 is 0 Å². The normalized spacial score (nSPS) is 21.9. The number of allylic oxidation sites excluding steroid dienone is 1. The lowest BCUT2D eigenvalue weighted by atomic mass is 9.97. The zero-order chi connectivity index (χ0) is 17.7. The Morgan fingerprint density at radius 1 is 1.32 bits per heavy atom. The number of carbonyl (C=O) groups excluding carboxylic acids is 1. The number of nitrogens with one attached hydrogen (secondary N) is 2. The van der Waals surface area contributed by atoms with E-state index in [1.165, 1.54) is 0 Å². The van der Waals surface area contributed by atoms with Gasteiger partial charge in [-0.15, -0.1) is 0 Å². The van der Waals surface area contributed by atoms with Crippen LogP contribution in [-0.2, 0) is 9.53 Å². The summed E-state index contributed by atoms with van der Waals surface area (Å²) in [7, 11) is 0. The summed E-state index contributed by atoms with van der Waals surface area (Å²) in [5.41, 5.74) is 0.789. The van der Waals surface area contributed by atoms with Crippen molar-refractivity contribution in [3.05, 3.63) is 35.9 Å². The van der Waals surface area contributed by atoms with Gasteiger partial charge in [0.2, 0.25) is 5.91 Å². The number of hydrogen-bond acceptors (Lipinski definition) is 4. The van der Waals surface area contributed by atoms with Gasteiger partial charge in [0.15, 0.2) is 0 Å². The number of carbonyl (C=O) groups is 1. The van der Waals surface area contributed by atoms with E-state index in [1.807, 2.05) is 0 Å². The van der Waals surface area contributed by atoms with Crippen LogP contribution in [0.5, 0.6) is 0 Å². The van der Waals surface area contributed by atoms with E-state index in [0.717, 1.165) is 19.2 Å². The lowest BCUT2D eigenvalue weighted by Crippen LogP contribution is -2.41. The molecule has 3 rings (SSSR count). The van der Waals surface area contributed by atoms with E-state index in [-0.39, 0.29) is 18.5 Å². The van der Waals surface area contributed by atoms with Crippen molar-refractivity contribution >= 4 is 17.2 Å². The summed E-state index contributed by atoms with van der Waals surface area (Å²) in [6.45, 7) is 4.31. The molecule has 0 radical (unpaired) electrons. The Bertz CT molecular complexity index is 643. The summed E-state index contributed by atoms with van der Waals surface area (Å²) in [5, 5.41) is 5.71. The Balaban J connectivity index is 1.68. The second-order valence-electron chi connectivity index (χ2n) is 6.23. The molecule has 0 unspecified atom stereocenters. The van der Waals surface area contributed by atoms with Crippen LogP contribution in [0.3, 0.4) is 0 Å². The van der Waals surface area contributed by atoms with Crippen LogP contribution in [0.25, 0.3) is 5.57 Å². The van der Waals surface area contributed by atoms with E-state index in [4.69, 9.17) is 4.74 Å². The van der Waals surface area contributed by atoms with E-state index in [9.17, 15) is 13.6 Å². The molecular formula is C18H23F2N3O2. The zero-order valence-corrected chi connectivity index (χ0v) is 14.1. The van der Waals surface area contributed by atoms with Crippen molar-refractivity contribution in [2.45, 2.75) is 12.3 Å². The summed E-state index contributed by atoms with van der Waals surface area (Å²) in [6, 6.07) is 6.86. The first kappa shape index (κ1) is 17.8. The van der Waals surface area contributed by atoms with Gasteiger partial charge in [0, 0.05) is 62.0 Å². The molecule has 1 saturated heterocycles. The highest BCUT2D eigenvalue weighted by atomic mass is 19.3. The van der Waals surface area contributed by atoms with Crippen LogP contribution in [0.2, 0.25) is 0 Å². The topological polar surface area (TPSA) is 53.6 Å². The fraction of sp³-hybridized carbons (Fsp3) is 0.500. The van der Waals surface area contributed by atoms with Crippen LogP contribution in [-0.4, -0.2) is 62.7 Å². The van der Waals surface area contributed by atoms with Crippen molar-refractivity contribution in [3.63, 3.8) is 0 Å². The van der Waals surface area contributed by atoms with Crippen LogP contribution in [0, 0.1) is 0 Å². The van der Waals surface area contributed by atoms with Crippen molar-refractivity contribution < 1.29 is 18.3 Å². The standard InChI is InChI=1S/C18H23F2N3O2/c19-18(20)5-6-21-16-4-2-1-3-14(16)15(18)13-17(24)22-7-8-23-9-11-25-12-10-23/h1-4,13,21H,5-12H2,(H,22,24). The van der Waals surface area contributed by atoms with Crippen LogP contribution in [0.1, 0.15) is 12.0 Å². The molecule has 2 N–H and O–H groups in total. The first-order valence-corrected chi connectivity index (χ1v) is 8.57. The number of halogens is 2. The summed E-state index contributed by atoms with van der Waals surface area (Å²) in [5.74, 6) is -3.53. The number of anilines is 1. The van der Waals surface area contributed by atoms with Gasteiger partial charge in [0.05, 0.1) is 13.2 Å². The number of ether oxygens (including phenoxy) is 1. The Hall–Kier alpha value is -1.99. The van der Waals surface area contributed by atoms with Gasteiger partial charge in [-0.25, -0.2) is 8.78 Å². The van der Waals surface area contributed by atoms with Crippen LogP contribution < -0.4 is 10.6 Å². The molecule has 1 fully saturated rings. The van der Waals surface area contributed by atoms with Crippen molar-refractivity contribution in [1.82, 2.24) is 10.2 Å². The van der Waals surface area contributed by atoms with E-state index >= 15 is 0 Å².